The molecule has 25 nitrogen and oxygen atoms in total. The number of aliphatic imine (C=N–C) groups is 2. The van der Waals surface area contributed by atoms with Crippen molar-refractivity contribution in [2.45, 2.75) is 108 Å². The molecule has 0 rings (SSSR count). The van der Waals surface area contributed by atoms with Crippen LogP contribution in [0.5, 0.6) is 0 Å². The number of carbonyl (C=O) groups excluding carboxylic acids is 6. The molecule has 0 saturated carbocycles. The first kappa shape index (κ1) is 50.7. The van der Waals surface area contributed by atoms with Gasteiger partial charge in [0.1, 0.15) is 30.2 Å². The molecule has 0 fully saturated rings. The summed E-state index contributed by atoms with van der Waals surface area (Å²) in [6, 6.07) is -8.32. The minimum absolute atomic E-state index is 0.0464. The van der Waals surface area contributed by atoms with E-state index in [0.717, 1.165) is 0 Å². The molecule has 0 aromatic rings. The maximum atomic E-state index is 13.5. The Bertz CT molecular complexity index is 1480. The summed E-state index contributed by atoms with van der Waals surface area (Å²) in [5.74, 6) is -10.5. The van der Waals surface area contributed by atoms with Gasteiger partial charge in [0.25, 0.3) is 0 Å². The maximum absolute atomic E-state index is 13.5. The molecule has 0 spiro atoms. The number of guanidine groups is 2. The van der Waals surface area contributed by atoms with Crippen LogP contribution in [0.2, 0.25) is 0 Å². The van der Waals surface area contributed by atoms with Crippen molar-refractivity contribution in [3.8, 4) is 0 Å². The zero-order valence-corrected chi connectivity index (χ0v) is 32.1. The number of amides is 6. The molecule has 7 atom stereocenters. The second kappa shape index (κ2) is 26.5. The van der Waals surface area contributed by atoms with Crippen LogP contribution in [-0.4, -0.2) is 136 Å². The number of carboxylic acid groups (broad SMARTS) is 3. The summed E-state index contributed by atoms with van der Waals surface area (Å²) in [6.07, 6.45) is -1.15. The number of hydrogen-bond acceptors (Lipinski definition) is 12. The molecule has 0 saturated heterocycles. The van der Waals surface area contributed by atoms with Gasteiger partial charge in [-0.2, -0.15) is 0 Å². The van der Waals surface area contributed by atoms with E-state index in [9.17, 15) is 53.4 Å². The lowest BCUT2D eigenvalue weighted by molar-refractivity contribution is -0.142. The first-order chi connectivity index (χ1) is 26.6. The first-order valence-corrected chi connectivity index (χ1v) is 17.9. The number of carbonyl (C=O) groups is 9. The molecule has 0 aromatic heterocycles. The lowest BCUT2D eigenvalue weighted by atomic mass is 9.97. The minimum atomic E-state index is -1.52. The fourth-order valence-electron chi connectivity index (χ4n) is 4.79. The van der Waals surface area contributed by atoms with Crippen LogP contribution in [0.1, 0.15) is 72.1 Å². The van der Waals surface area contributed by atoms with Gasteiger partial charge in [-0.1, -0.05) is 20.3 Å². The van der Waals surface area contributed by atoms with Gasteiger partial charge in [0.15, 0.2) is 11.9 Å². The minimum Gasteiger partial charge on any atom is -0.481 e. The fourth-order valence-corrected chi connectivity index (χ4v) is 4.79. The van der Waals surface area contributed by atoms with Crippen molar-refractivity contribution in [3.05, 3.63) is 0 Å². The largest absolute Gasteiger partial charge is 0.481 e. The molecule has 0 aromatic carbocycles. The molecular weight excluding hydrogens is 758 g/mol. The van der Waals surface area contributed by atoms with Crippen molar-refractivity contribution in [3.63, 3.8) is 0 Å². The van der Waals surface area contributed by atoms with Crippen LogP contribution >= 0.6 is 0 Å². The SMILES string of the molecule is CC[C@H](C)[C@H](NC(=O)[C@H](C)NC(=O)[C@H](CCCN=C(N)N)NC(=O)[C@@H](N)CC(=O)O)C(=O)N[C@@H](CCC(=O)O)C(=O)NCC(=O)N[C@@H](CCCN=C(N)N)C(=O)O. The topological polar surface area (TPSA) is 441 Å². The summed E-state index contributed by atoms with van der Waals surface area (Å²) >= 11 is 0. The Hall–Kier alpha value is -6.27. The van der Waals surface area contributed by atoms with Crippen molar-refractivity contribution >= 4 is 65.3 Å². The Balaban J connectivity index is 5.83. The van der Waals surface area contributed by atoms with Gasteiger partial charge < -0.3 is 75.9 Å². The monoisotopic (exact) mass is 815 g/mol. The summed E-state index contributed by atoms with van der Waals surface area (Å²) in [4.78, 5) is 120. The fraction of sp³-hybridized carbons (Fsp3) is 0.656. The molecular formula is C32H57N13O12. The Morgan fingerprint density at radius 2 is 1.14 bits per heavy atom. The van der Waals surface area contributed by atoms with E-state index in [2.05, 4.69) is 41.9 Å². The number of rotatable bonds is 28. The van der Waals surface area contributed by atoms with Gasteiger partial charge in [-0.05, 0) is 44.9 Å². The van der Waals surface area contributed by atoms with Crippen LogP contribution in [0.4, 0.5) is 0 Å². The zero-order chi connectivity index (χ0) is 43.8. The molecule has 0 aliphatic heterocycles. The molecule has 0 aliphatic carbocycles. The smallest absolute Gasteiger partial charge is 0.326 e. The predicted octanol–water partition coefficient (Wildman–Crippen LogP) is -5.55. The van der Waals surface area contributed by atoms with Crippen LogP contribution in [0.25, 0.3) is 0 Å². The third-order valence-electron chi connectivity index (χ3n) is 8.14. The van der Waals surface area contributed by atoms with E-state index in [1.54, 1.807) is 13.8 Å². The Labute approximate surface area is 328 Å². The maximum Gasteiger partial charge on any atom is 0.326 e. The Morgan fingerprint density at radius 3 is 1.63 bits per heavy atom. The number of nitrogens with zero attached hydrogens (tertiary/aromatic N) is 2. The number of hydrogen-bond donors (Lipinski definition) is 14. The molecule has 19 N–H and O–H groups in total. The summed E-state index contributed by atoms with van der Waals surface area (Å²) < 4.78 is 0. The summed E-state index contributed by atoms with van der Waals surface area (Å²) in [5, 5.41) is 41.8. The van der Waals surface area contributed by atoms with Crippen LogP contribution in [0, 0.1) is 5.92 Å². The average Bonchev–Trinajstić information content (AvgIpc) is 3.12. The van der Waals surface area contributed by atoms with E-state index in [4.69, 9.17) is 33.8 Å². The van der Waals surface area contributed by atoms with Gasteiger partial charge in [-0.25, -0.2) is 4.79 Å². The molecule has 6 amide bonds. The average molecular weight is 816 g/mol. The van der Waals surface area contributed by atoms with Gasteiger partial charge in [0.05, 0.1) is 19.0 Å². The summed E-state index contributed by atoms with van der Waals surface area (Å²) in [6.45, 7) is 4.01. The third-order valence-corrected chi connectivity index (χ3v) is 8.14. The predicted molar refractivity (Wildman–Crippen MR) is 202 cm³/mol. The van der Waals surface area contributed by atoms with E-state index in [1.165, 1.54) is 6.92 Å². The molecule has 0 heterocycles. The number of nitrogens with one attached hydrogen (secondary N) is 6. The van der Waals surface area contributed by atoms with Gasteiger partial charge in [0.2, 0.25) is 35.4 Å². The van der Waals surface area contributed by atoms with Gasteiger partial charge >= 0.3 is 17.9 Å². The third kappa shape index (κ3) is 22.0. The molecule has 0 radical (unpaired) electrons. The van der Waals surface area contributed by atoms with Crippen LogP contribution in [0.3, 0.4) is 0 Å². The van der Waals surface area contributed by atoms with Crippen molar-refractivity contribution in [2.75, 3.05) is 19.6 Å². The number of carboxylic acids is 3. The van der Waals surface area contributed by atoms with E-state index in [1.807, 2.05) is 0 Å². The molecule has 0 aliphatic rings. The van der Waals surface area contributed by atoms with Crippen molar-refractivity contribution in [1.29, 1.82) is 0 Å². The Morgan fingerprint density at radius 1 is 0.614 bits per heavy atom. The molecule has 25 heteroatoms. The van der Waals surface area contributed by atoms with Gasteiger partial charge in [0, 0.05) is 19.5 Å². The van der Waals surface area contributed by atoms with Crippen molar-refractivity contribution in [1.82, 2.24) is 31.9 Å². The molecule has 322 valence electrons. The van der Waals surface area contributed by atoms with Gasteiger partial charge in [-0.3, -0.25) is 48.3 Å². The van der Waals surface area contributed by atoms with Crippen LogP contribution < -0.4 is 60.6 Å². The highest BCUT2D eigenvalue weighted by Gasteiger charge is 2.33. The van der Waals surface area contributed by atoms with Crippen LogP contribution in [0.15, 0.2) is 9.98 Å². The van der Waals surface area contributed by atoms with Crippen molar-refractivity contribution in [2.24, 2.45) is 44.6 Å². The highest BCUT2D eigenvalue weighted by Crippen LogP contribution is 2.11. The second-order valence-electron chi connectivity index (χ2n) is 12.9. The summed E-state index contributed by atoms with van der Waals surface area (Å²) in [5.41, 5.74) is 26.7. The standard InChI is InChI=1S/C32H57N13O12/c1-4-15(2)24(45-25(51)16(3)41-28(54)18(7-5-11-38-31(34)35)43-26(52)17(33)13-23(49)50)29(55)44-19(9-10-22(47)48)27(53)40-14-21(46)42-20(30(56)57)8-6-12-39-32(36)37/h15-20,24H,4-14,33H2,1-3H3,(H,40,53)(H,41,54)(H,42,46)(H,43,52)(H,44,55)(H,45,51)(H,47,48)(H,49,50)(H,56,57)(H4,34,35,38)(H4,36,37,39)/t15-,16-,17-,18-,19-,20-,24-/m0/s1. The lowest BCUT2D eigenvalue weighted by Crippen LogP contribution is -2.59. The molecule has 0 unspecified atom stereocenters. The zero-order valence-electron chi connectivity index (χ0n) is 32.1. The second-order valence-corrected chi connectivity index (χ2v) is 12.9. The van der Waals surface area contributed by atoms with E-state index >= 15 is 0 Å². The first-order valence-electron chi connectivity index (χ1n) is 17.9. The van der Waals surface area contributed by atoms with E-state index in [-0.39, 0.29) is 50.7 Å². The lowest BCUT2D eigenvalue weighted by Gasteiger charge is -2.28. The highest BCUT2D eigenvalue weighted by molar-refractivity contribution is 5.97. The normalized spacial score (nSPS) is 14.3. The van der Waals surface area contributed by atoms with E-state index in [0.29, 0.717) is 6.42 Å². The highest BCUT2D eigenvalue weighted by atomic mass is 16.4. The van der Waals surface area contributed by atoms with E-state index < -0.39 is 121 Å². The number of aliphatic carboxylic acids is 3. The molecule has 0 bridgehead atoms. The van der Waals surface area contributed by atoms with Gasteiger partial charge in [-0.15, -0.1) is 0 Å². The quantitative estimate of drug-likeness (QED) is 0.0199. The number of nitrogens with two attached hydrogens (primary N) is 5. The van der Waals surface area contributed by atoms with Crippen LogP contribution in [-0.2, 0) is 43.2 Å². The molecule has 57 heavy (non-hydrogen) atoms. The summed E-state index contributed by atoms with van der Waals surface area (Å²) in [7, 11) is 0. The Kier molecular flexibility index (Phi) is 23.6. The van der Waals surface area contributed by atoms with Crippen molar-refractivity contribution < 1.29 is 58.5 Å².